The van der Waals surface area contributed by atoms with Crippen LogP contribution in [0.2, 0.25) is 0 Å². The Labute approximate surface area is 201 Å². The molecule has 0 spiro atoms. The lowest BCUT2D eigenvalue weighted by atomic mass is 9.87. The van der Waals surface area contributed by atoms with E-state index in [1.807, 2.05) is 59.5 Å². The van der Waals surface area contributed by atoms with Crippen molar-refractivity contribution in [2.75, 3.05) is 13.1 Å². The third kappa shape index (κ3) is 5.04. The molecular weight excluding hydrogens is 424 g/mol. The summed E-state index contributed by atoms with van der Waals surface area (Å²) in [6.45, 7) is 8.42. The molecule has 34 heavy (non-hydrogen) atoms. The van der Waals surface area contributed by atoms with Gasteiger partial charge in [-0.25, -0.2) is 0 Å². The molecule has 2 unspecified atom stereocenters. The number of hydrogen-bond acceptors (Lipinski definition) is 3. The molecule has 3 aromatic carbocycles. The maximum absolute atomic E-state index is 13.6. The summed E-state index contributed by atoms with van der Waals surface area (Å²) in [6.07, 6.45) is 1.74. The first kappa shape index (κ1) is 23.3. The molecule has 0 saturated carbocycles. The van der Waals surface area contributed by atoms with Crippen molar-refractivity contribution < 1.29 is 14.3 Å². The average Bonchev–Trinajstić information content (AvgIpc) is 2.86. The topological polar surface area (TPSA) is 58.6 Å². The van der Waals surface area contributed by atoms with Crippen molar-refractivity contribution in [3.63, 3.8) is 0 Å². The summed E-state index contributed by atoms with van der Waals surface area (Å²) in [5.41, 5.74) is 5.07. The summed E-state index contributed by atoms with van der Waals surface area (Å²) in [5, 5.41) is 2.76. The van der Waals surface area contributed by atoms with Crippen LogP contribution >= 0.6 is 0 Å². The van der Waals surface area contributed by atoms with Gasteiger partial charge in [0, 0.05) is 18.7 Å². The fraction of sp³-hybridized carbons (Fsp3) is 0.241. The Kier molecular flexibility index (Phi) is 7.12. The fourth-order valence-corrected chi connectivity index (χ4v) is 4.41. The van der Waals surface area contributed by atoms with Crippen molar-refractivity contribution in [1.82, 2.24) is 10.2 Å². The minimum Gasteiger partial charge on any atom is -0.481 e. The summed E-state index contributed by atoms with van der Waals surface area (Å²) in [7, 11) is 0. The predicted octanol–water partition coefficient (Wildman–Crippen LogP) is 4.85. The molecule has 5 heteroatoms. The van der Waals surface area contributed by atoms with Gasteiger partial charge in [0.25, 0.3) is 11.8 Å². The Morgan fingerprint density at radius 3 is 2.65 bits per heavy atom. The molecule has 0 aliphatic carbocycles. The molecule has 5 nitrogen and oxygen atoms in total. The maximum atomic E-state index is 13.6. The molecule has 1 aliphatic heterocycles. The van der Waals surface area contributed by atoms with Gasteiger partial charge in [0.1, 0.15) is 5.75 Å². The van der Waals surface area contributed by atoms with E-state index in [0.717, 1.165) is 23.1 Å². The average molecular weight is 455 g/mol. The van der Waals surface area contributed by atoms with Crippen LogP contribution in [-0.4, -0.2) is 35.9 Å². The second-order valence-corrected chi connectivity index (χ2v) is 8.59. The van der Waals surface area contributed by atoms with Gasteiger partial charge in [-0.2, -0.15) is 0 Å². The molecule has 2 amide bonds. The predicted molar refractivity (Wildman–Crippen MR) is 134 cm³/mol. The van der Waals surface area contributed by atoms with E-state index in [2.05, 4.69) is 37.0 Å². The number of aryl methyl sites for hydroxylation is 1. The molecule has 1 aliphatic rings. The number of amides is 2. The second-order valence-electron chi connectivity index (χ2n) is 8.59. The van der Waals surface area contributed by atoms with Crippen molar-refractivity contribution in [3.05, 3.63) is 113 Å². The molecular formula is C29H30N2O3. The minimum atomic E-state index is -0.652. The smallest absolute Gasteiger partial charge is 0.261 e. The van der Waals surface area contributed by atoms with E-state index in [9.17, 15) is 9.59 Å². The number of benzene rings is 3. The van der Waals surface area contributed by atoms with Crippen LogP contribution in [0.1, 0.15) is 45.6 Å². The van der Waals surface area contributed by atoms with Gasteiger partial charge < -0.3 is 15.0 Å². The number of fused-ring (bicyclic) bond motifs is 1. The molecule has 2 atom stereocenters. The van der Waals surface area contributed by atoms with Crippen LogP contribution in [0.5, 0.6) is 5.75 Å². The summed E-state index contributed by atoms with van der Waals surface area (Å²) < 4.78 is 5.98. The zero-order chi connectivity index (χ0) is 24.1. The zero-order valence-electron chi connectivity index (χ0n) is 19.7. The molecule has 0 saturated heterocycles. The van der Waals surface area contributed by atoms with Gasteiger partial charge in [-0.3, -0.25) is 9.59 Å². The highest BCUT2D eigenvalue weighted by Gasteiger charge is 2.33. The van der Waals surface area contributed by atoms with Crippen molar-refractivity contribution in [2.45, 2.75) is 32.4 Å². The molecule has 1 heterocycles. The second kappa shape index (κ2) is 10.4. The number of carbonyl (C=O) groups excluding carboxylic acids is 2. The summed E-state index contributed by atoms with van der Waals surface area (Å²) in [6, 6.07) is 23.4. The molecule has 0 aromatic heterocycles. The number of ether oxygens (including phenoxy) is 1. The van der Waals surface area contributed by atoms with Gasteiger partial charge >= 0.3 is 0 Å². The standard InChI is InChI=1S/C29H30N2O3/c1-4-16-30-28(32)21(3)34-25-14-13-22-15-17-31(29(33)23-10-6-5-7-11-23)27(26(22)19-25)24-12-8-9-20(2)18-24/h4-14,18-19,21,27H,1,15-17H2,2-3H3,(H,30,32). The third-order valence-electron chi connectivity index (χ3n) is 6.09. The monoisotopic (exact) mass is 454 g/mol. The quantitative estimate of drug-likeness (QED) is 0.519. The van der Waals surface area contributed by atoms with E-state index in [1.165, 1.54) is 5.56 Å². The Balaban J connectivity index is 1.71. The van der Waals surface area contributed by atoms with E-state index in [-0.39, 0.29) is 17.9 Å². The van der Waals surface area contributed by atoms with E-state index in [1.54, 1.807) is 13.0 Å². The Morgan fingerprint density at radius 2 is 1.91 bits per heavy atom. The van der Waals surface area contributed by atoms with Gasteiger partial charge in [0.2, 0.25) is 0 Å². The normalized spacial score (nSPS) is 15.7. The van der Waals surface area contributed by atoms with Crippen LogP contribution in [0.4, 0.5) is 0 Å². The minimum absolute atomic E-state index is 0.00116. The Hall–Kier alpha value is -3.86. The highest BCUT2D eigenvalue weighted by atomic mass is 16.5. The summed E-state index contributed by atoms with van der Waals surface area (Å²) in [4.78, 5) is 27.8. The van der Waals surface area contributed by atoms with Gasteiger partial charge in [0.05, 0.1) is 6.04 Å². The number of nitrogens with one attached hydrogen (secondary N) is 1. The first-order valence-electron chi connectivity index (χ1n) is 11.6. The SMILES string of the molecule is C=CCNC(=O)C(C)Oc1ccc2c(c1)C(c1cccc(C)c1)N(C(=O)c1ccccc1)CC2. The van der Waals surface area contributed by atoms with E-state index >= 15 is 0 Å². The van der Waals surface area contributed by atoms with Crippen LogP contribution in [0.25, 0.3) is 0 Å². The highest BCUT2D eigenvalue weighted by molar-refractivity contribution is 5.95. The number of rotatable bonds is 7. The highest BCUT2D eigenvalue weighted by Crippen LogP contribution is 2.38. The van der Waals surface area contributed by atoms with Gasteiger partial charge in [-0.15, -0.1) is 6.58 Å². The van der Waals surface area contributed by atoms with Crippen LogP contribution in [-0.2, 0) is 11.2 Å². The maximum Gasteiger partial charge on any atom is 0.261 e. The van der Waals surface area contributed by atoms with Gasteiger partial charge in [0.15, 0.2) is 6.10 Å². The van der Waals surface area contributed by atoms with E-state index < -0.39 is 6.10 Å². The van der Waals surface area contributed by atoms with Crippen molar-refractivity contribution in [1.29, 1.82) is 0 Å². The molecule has 4 rings (SSSR count). The summed E-state index contributed by atoms with van der Waals surface area (Å²) in [5.74, 6) is 0.404. The van der Waals surface area contributed by atoms with Crippen molar-refractivity contribution in [3.8, 4) is 5.75 Å². The number of hydrogen-bond donors (Lipinski definition) is 1. The molecule has 1 N–H and O–H groups in total. The lowest BCUT2D eigenvalue weighted by Crippen LogP contribution is -2.40. The van der Waals surface area contributed by atoms with E-state index in [4.69, 9.17) is 4.74 Å². The fourth-order valence-electron chi connectivity index (χ4n) is 4.41. The Bertz CT molecular complexity index is 1190. The molecule has 0 bridgehead atoms. The number of nitrogens with zero attached hydrogens (tertiary/aromatic N) is 1. The summed E-state index contributed by atoms with van der Waals surface area (Å²) >= 11 is 0. The van der Waals surface area contributed by atoms with Crippen LogP contribution in [0, 0.1) is 6.92 Å². The Morgan fingerprint density at radius 1 is 1.12 bits per heavy atom. The van der Waals surface area contributed by atoms with Crippen molar-refractivity contribution >= 4 is 11.8 Å². The largest absolute Gasteiger partial charge is 0.481 e. The van der Waals surface area contributed by atoms with Gasteiger partial charge in [-0.1, -0.05) is 60.2 Å². The molecule has 0 fully saturated rings. The number of carbonyl (C=O) groups is 2. The lowest BCUT2D eigenvalue weighted by Gasteiger charge is -2.38. The third-order valence-corrected chi connectivity index (χ3v) is 6.09. The van der Waals surface area contributed by atoms with E-state index in [0.29, 0.717) is 24.4 Å². The van der Waals surface area contributed by atoms with Crippen LogP contribution < -0.4 is 10.1 Å². The van der Waals surface area contributed by atoms with Crippen LogP contribution in [0.3, 0.4) is 0 Å². The molecule has 174 valence electrons. The first-order valence-corrected chi connectivity index (χ1v) is 11.6. The van der Waals surface area contributed by atoms with Gasteiger partial charge in [-0.05, 0) is 61.2 Å². The lowest BCUT2D eigenvalue weighted by molar-refractivity contribution is -0.127. The van der Waals surface area contributed by atoms with Crippen molar-refractivity contribution in [2.24, 2.45) is 0 Å². The van der Waals surface area contributed by atoms with Crippen LogP contribution in [0.15, 0.2) is 85.5 Å². The molecule has 0 radical (unpaired) electrons. The zero-order valence-corrected chi connectivity index (χ0v) is 19.7. The molecule has 3 aromatic rings. The first-order chi connectivity index (χ1) is 16.5.